The van der Waals surface area contributed by atoms with Crippen LogP contribution in [0.1, 0.15) is 24.1 Å². The van der Waals surface area contributed by atoms with Gasteiger partial charge in [-0.2, -0.15) is 0 Å². The average Bonchev–Trinajstić information content (AvgIpc) is 2.46. The highest BCUT2D eigenvalue weighted by atomic mass is 19.1. The zero-order chi connectivity index (χ0) is 13.7. The van der Waals surface area contributed by atoms with Gasteiger partial charge in [0.25, 0.3) is 0 Å². The Morgan fingerprint density at radius 2 is 1.74 bits per heavy atom. The first-order chi connectivity index (χ1) is 9.18. The van der Waals surface area contributed by atoms with E-state index in [1.54, 1.807) is 12.1 Å². The second-order valence-electron chi connectivity index (χ2n) is 4.59. The smallest absolute Gasteiger partial charge is 0.127 e. The Hall–Kier alpha value is -1.93. The molecule has 0 amide bonds. The van der Waals surface area contributed by atoms with Crippen LogP contribution >= 0.6 is 0 Å². The minimum Gasteiger partial charge on any atom is -0.306 e. The highest BCUT2D eigenvalue weighted by molar-refractivity contribution is 5.64. The van der Waals surface area contributed by atoms with Crippen LogP contribution in [0.15, 0.2) is 61.2 Å². The van der Waals surface area contributed by atoms with E-state index in [0.29, 0.717) is 12.1 Å². The fourth-order valence-corrected chi connectivity index (χ4v) is 1.99. The third-order valence-corrected chi connectivity index (χ3v) is 3.18. The molecule has 0 unspecified atom stereocenters. The molecule has 2 rings (SSSR count). The van der Waals surface area contributed by atoms with E-state index in [9.17, 15) is 4.39 Å². The molecule has 1 N–H and O–H groups in total. The van der Waals surface area contributed by atoms with Crippen LogP contribution in [0.25, 0.3) is 5.57 Å². The van der Waals surface area contributed by atoms with Gasteiger partial charge in [0.1, 0.15) is 5.82 Å². The molecule has 1 nitrogen and oxygen atoms in total. The summed E-state index contributed by atoms with van der Waals surface area (Å²) in [7, 11) is 0. The van der Waals surface area contributed by atoms with Crippen molar-refractivity contribution >= 4 is 5.57 Å². The van der Waals surface area contributed by atoms with Crippen molar-refractivity contribution in [2.24, 2.45) is 0 Å². The molecule has 98 valence electrons. The van der Waals surface area contributed by atoms with Crippen molar-refractivity contribution in [2.75, 3.05) is 6.54 Å². The second kappa shape index (κ2) is 6.30. The van der Waals surface area contributed by atoms with Gasteiger partial charge in [-0.15, -0.1) is 0 Å². The monoisotopic (exact) mass is 255 g/mol. The van der Waals surface area contributed by atoms with Crippen molar-refractivity contribution in [3.05, 3.63) is 78.1 Å². The van der Waals surface area contributed by atoms with Crippen molar-refractivity contribution in [3.8, 4) is 0 Å². The number of hydrogen-bond donors (Lipinski definition) is 1. The SMILES string of the molecule is C=C(CN[C@H](C)c1ccccc1F)c1ccccc1. The summed E-state index contributed by atoms with van der Waals surface area (Å²) in [6.07, 6.45) is 0. The maximum absolute atomic E-state index is 13.6. The maximum Gasteiger partial charge on any atom is 0.127 e. The Labute approximate surface area is 113 Å². The first-order valence-corrected chi connectivity index (χ1v) is 6.39. The molecule has 0 aliphatic heterocycles. The Bertz CT molecular complexity index is 548. The summed E-state index contributed by atoms with van der Waals surface area (Å²) in [5, 5.41) is 3.30. The number of halogens is 1. The molecule has 0 aliphatic rings. The third-order valence-electron chi connectivity index (χ3n) is 3.18. The number of nitrogens with one attached hydrogen (secondary N) is 1. The summed E-state index contributed by atoms with van der Waals surface area (Å²) < 4.78 is 13.6. The van der Waals surface area contributed by atoms with Gasteiger partial charge in [0.15, 0.2) is 0 Å². The minimum atomic E-state index is -0.173. The lowest BCUT2D eigenvalue weighted by Crippen LogP contribution is -2.21. The predicted molar refractivity (Wildman–Crippen MR) is 78.3 cm³/mol. The van der Waals surface area contributed by atoms with Crippen LogP contribution < -0.4 is 5.32 Å². The molecule has 0 saturated heterocycles. The lowest BCUT2D eigenvalue weighted by atomic mass is 10.1. The number of rotatable bonds is 5. The Morgan fingerprint density at radius 3 is 2.42 bits per heavy atom. The zero-order valence-electron chi connectivity index (χ0n) is 11.1. The molecular formula is C17H18FN. The highest BCUT2D eigenvalue weighted by Gasteiger charge is 2.09. The van der Waals surface area contributed by atoms with Crippen LogP contribution in [0.4, 0.5) is 4.39 Å². The largest absolute Gasteiger partial charge is 0.306 e. The molecule has 0 bridgehead atoms. The van der Waals surface area contributed by atoms with E-state index in [4.69, 9.17) is 0 Å². The quantitative estimate of drug-likeness (QED) is 0.844. The molecule has 0 fully saturated rings. The molecule has 2 heteroatoms. The van der Waals surface area contributed by atoms with Gasteiger partial charge in [0.2, 0.25) is 0 Å². The summed E-state index contributed by atoms with van der Waals surface area (Å²) in [6, 6.07) is 16.8. The second-order valence-corrected chi connectivity index (χ2v) is 4.59. The normalized spacial score (nSPS) is 12.1. The van der Waals surface area contributed by atoms with E-state index in [-0.39, 0.29) is 11.9 Å². The van der Waals surface area contributed by atoms with Gasteiger partial charge in [-0.1, -0.05) is 55.1 Å². The average molecular weight is 255 g/mol. The lowest BCUT2D eigenvalue weighted by molar-refractivity contribution is 0.551. The standard InChI is InChI=1S/C17H18FN/c1-13(15-8-4-3-5-9-15)12-19-14(2)16-10-6-7-11-17(16)18/h3-11,14,19H,1,12H2,2H3/t14-/m1/s1. The van der Waals surface area contributed by atoms with E-state index in [0.717, 1.165) is 11.1 Å². The molecule has 0 radical (unpaired) electrons. The van der Waals surface area contributed by atoms with Crippen molar-refractivity contribution in [1.82, 2.24) is 5.32 Å². The Kier molecular flexibility index (Phi) is 4.48. The molecule has 1 atom stereocenters. The number of hydrogen-bond acceptors (Lipinski definition) is 1. The first-order valence-electron chi connectivity index (χ1n) is 6.39. The molecule has 0 aromatic heterocycles. The van der Waals surface area contributed by atoms with E-state index in [2.05, 4.69) is 11.9 Å². The van der Waals surface area contributed by atoms with Crippen molar-refractivity contribution in [3.63, 3.8) is 0 Å². The van der Waals surface area contributed by atoms with Crippen molar-refractivity contribution in [2.45, 2.75) is 13.0 Å². The van der Waals surface area contributed by atoms with Crippen LogP contribution in [-0.2, 0) is 0 Å². The van der Waals surface area contributed by atoms with Crippen molar-refractivity contribution in [1.29, 1.82) is 0 Å². The van der Waals surface area contributed by atoms with Gasteiger partial charge < -0.3 is 5.32 Å². The molecule has 0 saturated carbocycles. The van der Waals surface area contributed by atoms with E-state index >= 15 is 0 Å². The van der Waals surface area contributed by atoms with E-state index in [1.165, 1.54) is 6.07 Å². The Morgan fingerprint density at radius 1 is 1.11 bits per heavy atom. The van der Waals surface area contributed by atoms with Crippen LogP contribution in [0.2, 0.25) is 0 Å². The van der Waals surface area contributed by atoms with Gasteiger partial charge >= 0.3 is 0 Å². The zero-order valence-corrected chi connectivity index (χ0v) is 11.1. The van der Waals surface area contributed by atoms with Gasteiger partial charge in [0, 0.05) is 18.2 Å². The summed E-state index contributed by atoms with van der Waals surface area (Å²) in [5.74, 6) is -0.173. The molecular weight excluding hydrogens is 237 g/mol. The van der Waals surface area contributed by atoms with Gasteiger partial charge in [-0.3, -0.25) is 0 Å². The van der Waals surface area contributed by atoms with Crippen molar-refractivity contribution < 1.29 is 4.39 Å². The van der Waals surface area contributed by atoms with Crippen LogP contribution in [0.5, 0.6) is 0 Å². The molecule has 0 aliphatic carbocycles. The topological polar surface area (TPSA) is 12.0 Å². The first kappa shape index (κ1) is 13.5. The molecule has 0 spiro atoms. The summed E-state index contributed by atoms with van der Waals surface area (Å²) in [6.45, 7) is 6.65. The summed E-state index contributed by atoms with van der Waals surface area (Å²) in [4.78, 5) is 0. The Balaban J connectivity index is 1.96. The van der Waals surface area contributed by atoms with Crippen LogP contribution in [0, 0.1) is 5.82 Å². The van der Waals surface area contributed by atoms with E-state index in [1.807, 2.05) is 43.3 Å². The molecule has 2 aromatic rings. The summed E-state index contributed by atoms with van der Waals surface area (Å²) in [5.41, 5.74) is 2.79. The van der Waals surface area contributed by atoms with Crippen LogP contribution in [0.3, 0.4) is 0 Å². The molecule has 19 heavy (non-hydrogen) atoms. The highest BCUT2D eigenvalue weighted by Crippen LogP contribution is 2.17. The summed E-state index contributed by atoms with van der Waals surface area (Å²) >= 11 is 0. The number of benzene rings is 2. The predicted octanol–water partition coefficient (Wildman–Crippen LogP) is 4.19. The minimum absolute atomic E-state index is 0.0401. The van der Waals surface area contributed by atoms with Gasteiger partial charge in [-0.05, 0) is 24.1 Å². The maximum atomic E-state index is 13.6. The molecule has 0 heterocycles. The lowest BCUT2D eigenvalue weighted by Gasteiger charge is -2.16. The fourth-order valence-electron chi connectivity index (χ4n) is 1.99. The van der Waals surface area contributed by atoms with Gasteiger partial charge in [0.05, 0.1) is 0 Å². The third kappa shape index (κ3) is 3.52. The fraction of sp³-hybridized carbons (Fsp3) is 0.176. The van der Waals surface area contributed by atoms with E-state index < -0.39 is 0 Å². The van der Waals surface area contributed by atoms with Crippen LogP contribution in [-0.4, -0.2) is 6.54 Å². The molecule has 2 aromatic carbocycles. The van der Waals surface area contributed by atoms with Gasteiger partial charge in [-0.25, -0.2) is 4.39 Å².